The van der Waals surface area contributed by atoms with Crippen molar-refractivity contribution in [3.8, 4) is 0 Å². The van der Waals surface area contributed by atoms with Crippen molar-refractivity contribution < 1.29 is 14.4 Å². The predicted molar refractivity (Wildman–Crippen MR) is 122 cm³/mol. The number of aromatic nitrogens is 1. The number of carbonyl (C=O) groups excluding carboxylic acids is 3. The van der Waals surface area contributed by atoms with Gasteiger partial charge in [-0.15, -0.1) is 11.3 Å². The van der Waals surface area contributed by atoms with Crippen molar-refractivity contribution in [3.63, 3.8) is 0 Å². The molecule has 8 heteroatoms. The number of amides is 3. The number of nitrogens with one attached hydrogen (secondary N) is 3. The van der Waals surface area contributed by atoms with Gasteiger partial charge >= 0.3 is 0 Å². The first-order chi connectivity index (χ1) is 15.5. The first-order valence-electron chi connectivity index (χ1n) is 11.3. The smallest absolute Gasteiger partial charge is 0.257 e. The van der Waals surface area contributed by atoms with E-state index in [1.807, 2.05) is 6.07 Å². The van der Waals surface area contributed by atoms with Crippen molar-refractivity contribution in [2.75, 3.05) is 5.32 Å². The molecule has 7 nitrogen and oxygen atoms in total. The van der Waals surface area contributed by atoms with Crippen molar-refractivity contribution >= 4 is 34.2 Å². The van der Waals surface area contributed by atoms with Gasteiger partial charge in [-0.3, -0.25) is 30.6 Å². The lowest BCUT2D eigenvalue weighted by molar-refractivity contribution is -0.134. The summed E-state index contributed by atoms with van der Waals surface area (Å²) < 4.78 is 0. The first kappa shape index (κ1) is 21.1. The molecule has 3 amide bonds. The molecule has 4 saturated carbocycles. The molecule has 4 fully saturated rings. The summed E-state index contributed by atoms with van der Waals surface area (Å²) in [5, 5.41) is 4.91. The van der Waals surface area contributed by atoms with Crippen LogP contribution in [0, 0.1) is 23.2 Å². The molecule has 4 aliphatic carbocycles. The second kappa shape index (κ2) is 8.65. The van der Waals surface area contributed by atoms with Gasteiger partial charge in [-0.1, -0.05) is 18.2 Å². The van der Waals surface area contributed by atoms with Crippen molar-refractivity contribution in [2.45, 2.75) is 51.4 Å². The van der Waals surface area contributed by atoms with Gasteiger partial charge in [0.25, 0.3) is 5.91 Å². The summed E-state index contributed by atoms with van der Waals surface area (Å²) in [5.41, 5.74) is 6.37. The third-order valence-electron chi connectivity index (χ3n) is 7.19. The van der Waals surface area contributed by atoms with Gasteiger partial charge in [0.15, 0.2) is 5.13 Å². The third kappa shape index (κ3) is 4.70. The molecule has 1 heterocycles. The van der Waals surface area contributed by atoms with E-state index in [0.29, 0.717) is 22.8 Å². The van der Waals surface area contributed by atoms with Crippen LogP contribution in [0.4, 0.5) is 5.13 Å². The highest BCUT2D eigenvalue weighted by Gasteiger charge is 2.51. The molecular weight excluding hydrogens is 424 g/mol. The van der Waals surface area contributed by atoms with E-state index in [9.17, 15) is 14.4 Å². The molecule has 168 valence electrons. The molecular formula is C24H28N4O3S. The van der Waals surface area contributed by atoms with E-state index in [1.165, 1.54) is 30.6 Å². The average Bonchev–Trinajstić information content (AvgIpc) is 3.18. The minimum Gasteiger partial charge on any atom is -0.298 e. The lowest BCUT2D eigenvalue weighted by Crippen LogP contribution is -2.50. The fraction of sp³-hybridized carbons (Fsp3) is 0.500. The Balaban J connectivity index is 1.08. The number of hydrogen-bond donors (Lipinski definition) is 3. The Morgan fingerprint density at radius 2 is 1.56 bits per heavy atom. The highest BCUT2D eigenvalue weighted by molar-refractivity contribution is 7.14. The molecule has 0 aliphatic heterocycles. The van der Waals surface area contributed by atoms with Gasteiger partial charge in [-0.2, -0.15) is 0 Å². The van der Waals surface area contributed by atoms with Gasteiger partial charge in [0.1, 0.15) is 0 Å². The number of nitrogens with zero attached hydrogens (tertiary/aromatic N) is 1. The van der Waals surface area contributed by atoms with Crippen LogP contribution < -0.4 is 16.2 Å². The molecule has 6 rings (SSSR count). The summed E-state index contributed by atoms with van der Waals surface area (Å²) in [5.74, 6) is 1.72. The van der Waals surface area contributed by atoms with Crippen LogP contribution in [-0.2, 0) is 16.0 Å². The van der Waals surface area contributed by atoms with Crippen LogP contribution >= 0.6 is 11.3 Å². The molecule has 0 spiro atoms. The maximum Gasteiger partial charge on any atom is 0.257 e. The summed E-state index contributed by atoms with van der Waals surface area (Å²) in [6, 6.07) is 8.89. The van der Waals surface area contributed by atoms with E-state index in [2.05, 4.69) is 21.2 Å². The number of thiazole rings is 1. The summed E-state index contributed by atoms with van der Waals surface area (Å²) in [4.78, 5) is 41.4. The van der Waals surface area contributed by atoms with E-state index >= 15 is 0 Å². The molecule has 4 aliphatic rings. The van der Waals surface area contributed by atoms with Crippen molar-refractivity contribution in [3.05, 3.63) is 47.0 Å². The molecule has 3 N–H and O–H groups in total. The number of benzene rings is 1. The van der Waals surface area contributed by atoms with Crippen LogP contribution in [0.1, 0.15) is 61.0 Å². The number of carbonyl (C=O) groups is 3. The second-order valence-corrected chi connectivity index (χ2v) is 10.7. The topological polar surface area (TPSA) is 100 Å². The molecule has 1 aromatic carbocycles. The van der Waals surface area contributed by atoms with Crippen LogP contribution in [0.25, 0.3) is 0 Å². The Morgan fingerprint density at radius 1 is 0.938 bits per heavy atom. The zero-order chi connectivity index (χ0) is 22.1. The lowest BCUT2D eigenvalue weighted by atomic mass is 9.49. The second-order valence-electron chi connectivity index (χ2n) is 9.83. The minimum absolute atomic E-state index is 0.0371. The van der Waals surface area contributed by atoms with Crippen LogP contribution in [0.15, 0.2) is 35.7 Å². The maximum atomic E-state index is 12.6. The van der Waals surface area contributed by atoms with Crippen LogP contribution in [0.2, 0.25) is 0 Å². The highest BCUT2D eigenvalue weighted by Crippen LogP contribution is 2.61. The van der Waals surface area contributed by atoms with Gasteiger partial charge in [0.05, 0.1) is 12.1 Å². The molecule has 0 unspecified atom stereocenters. The SMILES string of the molecule is O=C(Cc1csc(NC(=O)c2ccccc2)n1)NNC(=O)CC12CC3CC(CC(C3)C1)C2. The zero-order valence-electron chi connectivity index (χ0n) is 17.9. The van der Waals surface area contributed by atoms with Gasteiger partial charge in [-0.25, -0.2) is 4.98 Å². The van der Waals surface area contributed by atoms with Gasteiger partial charge in [-0.05, 0) is 73.8 Å². The summed E-state index contributed by atoms with van der Waals surface area (Å²) in [6.07, 6.45) is 8.07. The average molecular weight is 453 g/mol. The largest absolute Gasteiger partial charge is 0.298 e. The Hall–Kier alpha value is -2.74. The van der Waals surface area contributed by atoms with Crippen LogP contribution in [0.3, 0.4) is 0 Å². The molecule has 0 atom stereocenters. The van der Waals surface area contributed by atoms with Crippen LogP contribution in [0.5, 0.6) is 0 Å². The lowest BCUT2D eigenvalue weighted by Gasteiger charge is -2.56. The molecule has 0 saturated heterocycles. The van der Waals surface area contributed by atoms with E-state index in [4.69, 9.17) is 0 Å². The fourth-order valence-corrected chi connectivity index (χ4v) is 7.15. The molecule has 2 aromatic rings. The Labute approximate surface area is 191 Å². The molecule has 32 heavy (non-hydrogen) atoms. The minimum atomic E-state index is -0.324. The Morgan fingerprint density at radius 3 is 2.22 bits per heavy atom. The predicted octanol–water partition coefficient (Wildman–Crippen LogP) is 3.69. The van der Waals surface area contributed by atoms with Gasteiger partial charge < -0.3 is 0 Å². The number of anilines is 1. The third-order valence-corrected chi connectivity index (χ3v) is 8.00. The van der Waals surface area contributed by atoms with Crippen molar-refractivity contribution in [1.29, 1.82) is 0 Å². The molecule has 4 bridgehead atoms. The van der Waals surface area contributed by atoms with Crippen molar-refractivity contribution in [1.82, 2.24) is 15.8 Å². The highest BCUT2D eigenvalue weighted by atomic mass is 32.1. The quantitative estimate of drug-likeness (QED) is 0.582. The van der Waals surface area contributed by atoms with E-state index < -0.39 is 0 Å². The zero-order valence-corrected chi connectivity index (χ0v) is 18.7. The maximum absolute atomic E-state index is 12.6. The summed E-state index contributed by atoms with van der Waals surface area (Å²) in [6.45, 7) is 0. The fourth-order valence-electron chi connectivity index (χ4n) is 6.44. The Kier molecular flexibility index (Phi) is 5.71. The van der Waals surface area contributed by atoms with Gasteiger partial charge in [0, 0.05) is 17.4 Å². The van der Waals surface area contributed by atoms with E-state index in [-0.39, 0.29) is 29.6 Å². The summed E-state index contributed by atoms with van der Waals surface area (Å²) in [7, 11) is 0. The van der Waals surface area contributed by atoms with Crippen molar-refractivity contribution in [2.24, 2.45) is 23.2 Å². The van der Waals surface area contributed by atoms with E-state index in [0.717, 1.165) is 37.0 Å². The monoisotopic (exact) mass is 452 g/mol. The van der Waals surface area contributed by atoms with Gasteiger partial charge in [0.2, 0.25) is 11.8 Å². The molecule has 0 radical (unpaired) electrons. The number of rotatable bonds is 6. The van der Waals surface area contributed by atoms with Crippen LogP contribution in [-0.4, -0.2) is 22.7 Å². The molecule has 1 aromatic heterocycles. The van der Waals surface area contributed by atoms with E-state index in [1.54, 1.807) is 29.6 Å². The standard InChI is InChI=1S/C24H28N4O3S/c29-20(9-19-14-32-23(25-19)26-22(31)18-4-2-1-3-5-18)27-28-21(30)13-24-10-15-6-16(11-24)8-17(7-15)12-24/h1-5,14-17H,6-13H2,(H,27,29)(H,28,30)(H,25,26,31). The number of hydrogen-bond acceptors (Lipinski definition) is 5. The number of hydrazine groups is 1. The Bertz CT molecular complexity index is 984. The summed E-state index contributed by atoms with van der Waals surface area (Å²) >= 11 is 1.27. The normalized spacial score (nSPS) is 27.7. The first-order valence-corrected chi connectivity index (χ1v) is 12.2.